The zero-order chi connectivity index (χ0) is 19.7. The number of anilines is 4. The molecule has 1 aliphatic heterocycles. The van der Waals surface area contributed by atoms with E-state index in [4.69, 9.17) is 0 Å². The normalized spacial score (nSPS) is 13.1. The SMILES string of the molecule is O=[N+]([O-])c1c(Nc2ccc(Br)cc2F)ncnc1N1CCCc2ccccc21. The van der Waals surface area contributed by atoms with E-state index in [-0.39, 0.29) is 23.0 Å². The summed E-state index contributed by atoms with van der Waals surface area (Å²) in [5, 5.41) is 14.6. The number of aryl methyl sites for hydroxylation is 1. The molecule has 3 aromatic rings. The Morgan fingerprint density at radius 1 is 1.21 bits per heavy atom. The number of para-hydroxylation sites is 1. The third-order valence-corrected chi connectivity index (χ3v) is 5.03. The molecule has 28 heavy (non-hydrogen) atoms. The van der Waals surface area contributed by atoms with Gasteiger partial charge in [-0.15, -0.1) is 0 Å². The first-order valence-electron chi connectivity index (χ1n) is 8.61. The quantitative estimate of drug-likeness (QED) is 0.445. The highest BCUT2D eigenvalue weighted by molar-refractivity contribution is 9.10. The summed E-state index contributed by atoms with van der Waals surface area (Å²) in [5.74, 6) is -0.418. The fraction of sp³-hybridized carbons (Fsp3) is 0.158. The molecule has 0 fully saturated rings. The molecule has 0 saturated heterocycles. The molecule has 4 rings (SSSR count). The molecule has 1 aliphatic rings. The topological polar surface area (TPSA) is 84.2 Å². The van der Waals surface area contributed by atoms with Gasteiger partial charge in [-0.25, -0.2) is 14.4 Å². The van der Waals surface area contributed by atoms with Crippen LogP contribution in [0.15, 0.2) is 53.3 Å². The van der Waals surface area contributed by atoms with Crippen LogP contribution in [0.2, 0.25) is 0 Å². The summed E-state index contributed by atoms with van der Waals surface area (Å²) in [6, 6.07) is 12.2. The molecule has 0 radical (unpaired) electrons. The van der Waals surface area contributed by atoms with E-state index < -0.39 is 10.7 Å². The number of benzene rings is 2. The number of fused-ring (bicyclic) bond motifs is 1. The summed E-state index contributed by atoms with van der Waals surface area (Å²) in [6.45, 7) is 0.598. The Hall–Kier alpha value is -3.07. The molecule has 142 valence electrons. The second-order valence-electron chi connectivity index (χ2n) is 6.28. The van der Waals surface area contributed by atoms with Gasteiger partial charge in [-0.1, -0.05) is 34.1 Å². The number of rotatable bonds is 4. The van der Waals surface area contributed by atoms with E-state index in [1.54, 1.807) is 6.07 Å². The summed E-state index contributed by atoms with van der Waals surface area (Å²) in [4.78, 5) is 21.4. The van der Waals surface area contributed by atoms with Crippen molar-refractivity contribution in [3.8, 4) is 0 Å². The van der Waals surface area contributed by atoms with Crippen LogP contribution in [0, 0.1) is 15.9 Å². The van der Waals surface area contributed by atoms with Gasteiger partial charge in [0, 0.05) is 16.7 Å². The predicted octanol–water partition coefficient (Wildman–Crippen LogP) is 5.11. The number of nitrogens with zero attached hydrogens (tertiary/aromatic N) is 4. The van der Waals surface area contributed by atoms with Crippen molar-refractivity contribution in [1.29, 1.82) is 0 Å². The predicted molar refractivity (Wildman–Crippen MR) is 108 cm³/mol. The van der Waals surface area contributed by atoms with Crippen molar-refractivity contribution in [2.45, 2.75) is 12.8 Å². The molecule has 2 aromatic carbocycles. The van der Waals surface area contributed by atoms with Gasteiger partial charge in [-0.2, -0.15) is 0 Å². The van der Waals surface area contributed by atoms with Crippen LogP contribution in [-0.2, 0) is 6.42 Å². The molecule has 0 unspecified atom stereocenters. The molecule has 2 heterocycles. The smallest absolute Gasteiger partial charge is 0.332 e. The van der Waals surface area contributed by atoms with Crippen LogP contribution >= 0.6 is 15.9 Å². The maximum Gasteiger partial charge on any atom is 0.354 e. The van der Waals surface area contributed by atoms with Crippen LogP contribution in [-0.4, -0.2) is 21.4 Å². The summed E-state index contributed by atoms with van der Waals surface area (Å²) < 4.78 is 14.8. The van der Waals surface area contributed by atoms with Gasteiger partial charge in [0.05, 0.1) is 10.6 Å². The Morgan fingerprint density at radius 2 is 2.04 bits per heavy atom. The van der Waals surface area contributed by atoms with Crippen LogP contribution in [0.5, 0.6) is 0 Å². The van der Waals surface area contributed by atoms with Gasteiger partial charge in [-0.3, -0.25) is 10.1 Å². The number of hydrogen-bond donors (Lipinski definition) is 1. The molecular weight excluding hydrogens is 429 g/mol. The van der Waals surface area contributed by atoms with E-state index >= 15 is 0 Å². The highest BCUT2D eigenvalue weighted by Gasteiger charge is 2.30. The minimum Gasteiger partial charge on any atom is -0.332 e. The van der Waals surface area contributed by atoms with Gasteiger partial charge in [-0.05, 0) is 42.7 Å². The van der Waals surface area contributed by atoms with Crippen molar-refractivity contribution in [1.82, 2.24) is 9.97 Å². The van der Waals surface area contributed by atoms with E-state index in [1.807, 2.05) is 29.2 Å². The zero-order valence-electron chi connectivity index (χ0n) is 14.6. The van der Waals surface area contributed by atoms with E-state index in [2.05, 4.69) is 31.2 Å². The van der Waals surface area contributed by atoms with E-state index in [1.165, 1.54) is 18.5 Å². The Balaban J connectivity index is 1.80. The number of aromatic nitrogens is 2. The molecule has 1 N–H and O–H groups in total. The number of halogens is 2. The zero-order valence-corrected chi connectivity index (χ0v) is 16.2. The third kappa shape index (κ3) is 3.40. The lowest BCUT2D eigenvalue weighted by Gasteiger charge is -2.30. The minimum atomic E-state index is -0.549. The molecule has 9 heteroatoms. The molecule has 0 saturated carbocycles. The maximum atomic E-state index is 14.2. The fourth-order valence-electron chi connectivity index (χ4n) is 3.30. The molecule has 0 amide bonds. The third-order valence-electron chi connectivity index (χ3n) is 4.54. The first-order valence-corrected chi connectivity index (χ1v) is 9.41. The number of nitro groups is 1. The number of hydrogen-bond acceptors (Lipinski definition) is 6. The summed E-state index contributed by atoms with van der Waals surface area (Å²) in [7, 11) is 0. The monoisotopic (exact) mass is 443 g/mol. The summed E-state index contributed by atoms with van der Waals surface area (Å²) >= 11 is 3.19. The molecule has 0 atom stereocenters. The van der Waals surface area contributed by atoms with Crippen LogP contribution in [0.3, 0.4) is 0 Å². The Morgan fingerprint density at radius 3 is 2.82 bits per heavy atom. The van der Waals surface area contributed by atoms with Gasteiger partial charge < -0.3 is 10.2 Å². The second kappa shape index (κ2) is 7.51. The van der Waals surface area contributed by atoms with Crippen molar-refractivity contribution in [3.05, 3.63) is 74.8 Å². The van der Waals surface area contributed by atoms with Gasteiger partial charge in [0.25, 0.3) is 0 Å². The first-order chi connectivity index (χ1) is 13.5. The summed E-state index contributed by atoms with van der Waals surface area (Å²) in [5.41, 5.74) is 1.79. The number of nitrogens with one attached hydrogen (secondary N) is 1. The van der Waals surface area contributed by atoms with E-state index in [9.17, 15) is 14.5 Å². The maximum absolute atomic E-state index is 14.2. The minimum absolute atomic E-state index is 0.0562. The Labute approximate surface area is 168 Å². The Kier molecular flexibility index (Phi) is 4.91. The lowest BCUT2D eigenvalue weighted by atomic mass is 10.0. The van der Waals surface area contributed by atoms with Gasteiger partial charge in [0.2, 0.25) is 11.6 Å². The second-order valence-corrected chi connectivity index (χ2v) is 7.20. The molecule has 1 aromatic heterocycles. The van der Waals surface area contributed by atoms with Crippen LogP contribution < -0.4 is 10.2 Å². The Bertz CT molecular complexity index is 1060. The highest BCUT2D eigenvalue weighted by atomic mass is 79.9. The van der Waals surface area contributed by atoms with Crippen molar-refractivity contribution in [3.63, 3.8) is 0 Å². The lowest BCUT2D eigenvalue weighted by molar-refractivity contribution is -0.383. The van der Waals surface area contributed by atoms with Gasteiger partial charge >= 0.3 is 5.69 Å². The molecule has 7 nitrogen and oxygen atoms in total. The first kappa shape index (κ1) is 18.3. The van der Waals surface area contributed by atoms with Gasteiger partial charge in [0.1, 0.15) is 12.1 Å². The molecule has 0 spiro atoms. The standard InChI is InChI=1S/C19H15BrFN5O2/c20-13-7-8-15(14(21)10-13)24-18-17(26(27)28)19(23-11-22-18)25-9-3-5-12-4-1-2-6-16(12)25/h1-2,4,6-8,10-11H,3,5,9H2,(H,22,23,24). The van der Waals surface area contributed by atoms with E-state index in [0.717, 1.165) is 24.1 Å². The van der Waals surface area contributed by atoms with Crippen LogP contribution in [0.25, 0.3) is 0 Å². The lowest BCUT2D eigenvalue weighted by Crippen LogP contribution is -2.26. The largest absolute Gasteiger partial charge is 0.354 e. The van der Waals surface area contributed by atoms with Crippen molar-refractivity contribution in [2.24, 2.45) is 0 Å². The van der Waals surface area contributed by atoms with Crippen LogP contribution in [0.1, 0.15) is 12.0 Å². The van der Waals surface area contributed by atoms with Crippen molar-refractivity contribution in [2.75, 3.05) is 16.8 Å². The molecular formula is C19H15BrFN5O2. The van der Waals surface area contributed by atoms with Crippen molar-refractivity contribution < 1.29 is 9.31 Å². The van der Waals surface area contributed by atoms with Crippen LogP contribution in [0.4, 0.5) is 33.1 Å². The average Bonchev–Trinajstić information content (AvgIpc) is 2.69. The molecule has 0 bridgehead atoms. The average molecular weight is 444 g/mol. The highest BCUT2D eigenvalue weighted by Crippen LogP contribution is 2.40. The van der Waals surface area contributed by atoms with E-state index in [0.29, 0.717) is 11.0 Å². The van der Waals surface area contributed by atoms with Gasteiger partial charge in [0.15, 0.2) is 0 Å². The molecule has 0 aliphatic carbocycles. The summed E-state index contributed by atoms with van der Waals surface area (Å²) in [6.07, 6.45) is 3.00. The van der Waals surface area contributed by atoms with Crippen molar-refractivity contribution >= 4 is 44.6 Å². The fourth-order valence-corrected chi connectivity index (χ4v) is 3.63.